The maximum Gasteiger partial charge on any atom is 0.285 e. The lowest BCUT2D eigenvalue weighted by atomic mass is 10.2. The van der Waals surface area contributed by atoms with Crippen LogP contribution in [-0.2, 0) is 21.3 Å². The van der Waals surface area contributed by atoms with Gasteiger partial charge in [-0.2, -0.15) is 8.42 Å². The summed E-state index contributed by atoms with van der Waals surface area (Å²) in [6.07, 6.45) is 0. The van der Waals surface area contributed by atoms with E-state index in [1.54, 1.807) is 12.1 Å². The van der Waals surface area contributed by atoms with E-state index >= 15 is 0 Å². The Hall–Kier alpha value is -2.10. The van der Waals surface area contributed by atoms with Crippen LogP contribution in [0.3, 0.4) is 0 Å². The smallest absolute Gasteiger partial charge is 0.285 e. The second kappa shape index (κ2) is 7.87. The average molecular weight is 412 g/mol. The van der Waals surface area contributed by atoms with Gasteiger partial charge in [-0.15, -0.1) is 4.40 Å². The van der Waals surface area contributed by atoms with Gasteiger partial charge in [0.05, 0.1) is 21.7 Å². The molecule has 0 N–H and O–H groups in total. The van der Waals surface area contributed by atoms with Crippen LogP contribution >= 0.6 is 11.3 Å². The molecular weight excluding hydrogens is 394 g/mol. The van der Waals surface area contributed by atoms with E-state index in [0.29, 0.717) is 6.61 Å². The highest BCUT2D eigenvalue weighted by molar-refractivity contribution is 7.90. The van der Waals surface area contributed by atoms with Crippen LogP contribution < -0.4 is 4.80 Å². The van der Waals surface area contributed by atoms with E-state index < -0.39 is 21.7 Å². The van der Waals surface area contributed by atoms with Crippen molar-refractivity contribution in [2.45, 2.75) is 25.3 Å². The molecule has 0 aliphatic carbocycles. The summed E-state index contributed by atoms with van der Waals surface area (Å²) in [6.45, 7) is 4.57. The van der Waals surface area contributed by atoms with E-state index in [9.17, 15) is 17.2 Å². The fourth-order valence-corrected chi connectivity index (χ4v) is 4.87. The molecule has 0 saturated carbocycles. The Bertz CT molecular complexity index is 1130. The molecule has 3 aromatic rings. The third-order valence-corrected chi connectivity index (χ3v) is 6.30. The van der Waals surface area contributed by atoms with Gasteiger partial charge >= 0.3 is 0 Å². The van der Waals surface area contributed by atoms with E-state index in [1.165, 1.54) is 16.7 Å². The van der Waals surface area contributed by atoms with Crippen molar-refractivity contribution in [3.63, 3.8) is 0 Å². The molecule has 0 bridgehead atoms. The Morgan fingerprint density at radius 3 is 2.56 bits per heavy atom. The van der Waals surface area contributed by atoms with Crippen LogP contribution in [0.1, 0.15) is 12.5 Å². The fraction of sp³-hybridized carbons (Fsp3) is 0.278. The highest BCUT2D eigenvalue weighted by Crippen LogP contribution is 2.23. The topological polar surface area (TPSA) is 60.7 Å². The van der Waals surface area contributed by atoms with Crippen LogP contribution in [0.4, 0.5) is 8.78 Å². The quantitative estimate of drug-likeness (QED) is 0.581. The van der Waals surface area contributed by atoms with Crippen LogP contribution in [0.25, 0.3) is 10.2 Å². The minimum Gasteiger partial charge on any atom is -0.380 e. The first-order chi connectivity index (χ1) is 12.8. The van der Waals surface area contributed by atoms with E-state index in [1.807, 2.05) is 13.8 Å². The van der Waals surface area contributed by atoms with Gasteiger partial charge in [0, 0.05) is 19.2 Å². The number of fused-ring (bicyclic) bond motifs is 1. The monoisotopic (exact) mass is 412 g/mol. The minimum absolute atomic E-state index is 0.0357. The Morgan fingerprint density at radius 2 is 1.89 bits per heavy atom. The highest BCUT2D eigenvalue weighted by Gasteiger charge is 2.17. The molecule has 0 unspecified atom stereocenters. The number of aryl methyl sites for hydroxylation is 1. The number of ether oxygens (including phenoxy) is 1. The number of aromatic nitrogens is 1. The highest BCUT2D eigenvalue weighted by atomic mass is 32.2. The first kappa shape index (κ1) is 19.7. The summed E-state index contributed by atoms with van der Waals surface area (Å²) < 4.78 is 64.1. The van der Waals surface area contributed by atoms with Gasteiger partial charge in [-0.3, -0.25) is 0 Å². The summed E-state index contributed by atoms with van der Waals surface area (Å²) in [7, 11) is -4.00. The summed E-state index contributed by atoms with van der Waals surface area (Å²) in [6, 6.07) is 8.21. The lowest BCUT2D eigenvalue weighted by Crippen LogP contribution is -2.20. The van der Waals surface area contributed by atoms with Gasteiger partial charge in [0.15, 0.2) is 5.82 Å². The van der Waals surface area contributed by atoms with Gasteiger partial charge in [-0.25, -0.2) is 8.78 Å². The maximum absolute atomic E-state index is 14.3. The SMILES string of the molecule is CCOCCn1/c(=N/S(=O)(=O)c2ccc(C)cc2)sc2cc(F)cc(F)c21. The first-order valence-corrected chi connectivity index (χ1v) is 10.5. The van der Waals surface area contributed by atoms with Gasteiger partial charge in [0.25, 0.3) is 10.0 Å². The molecule has 0 spiro atoms. The van der Waals surface area contributed by atoms with Gasteiger partial charge < -0.3 is 9.30 Å². The summed E-state index contributed by atoms with van der Waals surface area (Å²) in [5, 5.41) is 0. The molecule has 0 radical (unpaired) electrons. The minimum atomic E-state index is -4.00. The molecule has 0 saturated heterocycles. The van der Waals surface area contributed by atoms with Crippen molar-refractivity contribution < 1.29 is 21.9 Å². The Morgan fingerprint density at radius 1 is 1.19 bits per heavy atom. The Balaban J connectivity index is 2.19. The molecule has 1 heterocycles. The molecule has 5 nitrogen and oxygen atoms in total. The second-order valence-corrected chi connectivity index (χ2v) is 8.46. The number of halogens is 2. The largest absolute Gasteiger partial charge is 0.380 e. The van der Waals surface area contributed by atoms with Crippen LogP contribution in [0, 0.1) is 18.6 Å². The lowest BCUT2D eigenvalue weighted by Gasteiger charge is -2.06. The summed E-state index contributed by atoms with van der Waals surface area (Å²) in [4.78, 5) is 0.100. The molecule has 1 aromatic heterocycles. The van der Waals surface area contributed by atoms with Crippen molar-refractivity contribution in [2.75, 3.05) is 13.2 Å². The summed E-state index contributed by atoms with van der Waals surface area (Å²) in [5.41, 5.74) is 1.03. The van der Waals surface area contributed by atoms with E-state index in [4.69, 9.17) is 4.74 Å². The molecule has 3 rings (SSSR count). The van der Waals surface area contributed by atoms with Crippen molar-refractivity contribution in [2.24, 2.45) is 4.40 Å². The lowest BCUT2D eigenvalue weighted by molar-refractivity contribution is 0.139. The number of hydrogen-bond donors (Lipinski definition) is 0. The van der Waals surface area contributed by atoms with E-state index in [0.717, 1.165) is 29.0 Å². The normalized spacial score (nSPS) is 12.8. The molecular formula is C18H18F2N2O3S2. The van der Waals surface area contributed by atoms with Crippen molar-refractivity contribution in [1.29, 1.82) is 0 Å². The molecule has 0 atom stereocenters. The predicted molar refractivity (Wildman–Crippen MR) is 100 cm³/mol. The van der Waals surface area contributed by atoms with Gasteiger partial charge in [-0.05, 0) is 32.0 Å². The standard InChI is InChI=1S/C18H18F2N2O3S2/c1-3-25-9-8-22-17-15(20)10-13(19)11-16(17)26-18(22)21-27(23,24)14-6-4-12(2)5-7-14/h4-7,10-11H,3,8-9H2,1-2H3/b21-18-. The number of rotatable bonds is 6. The Kier molecular flexibility index (Phi) is 5.73. The number of sulfonamides is 1. The molecule has 0 aliphatic heterocycles. The Labute approximate surface area is 159 Å². The zero-order chi connectivity index (χ0) is 19.6. The van der Waals surface area contributed by atoms with E-state index in [2.05, 4.69) is 4.40 Å². The third kappa shape index (κ3) is 4.26. The number of nitrogens with zero attached hydrogens (tertiary/aromatic N) is 2. The van der Waals surface area contributed by atoms with Crippen molar-refractivity contribution in [3.8, 4) is 0 Å². The third-order valence-electron chi connectivity index (χ3n) is 3.88. The summed E-state index contributed by atoms with van der Waals surface area (Å²) in [5.74, 6) is -1.50. The van der Waals surface area contributed by atoms with Crippen LogP contribution in [-0.4, -0.2) is 26.2 Å². The summed E-state index contributed by atoms with van der Waals surface area (Å²) >= 11 is 0.917. The number of benzene rings is 2. The molecule has 2 aromatic carbocycles. The van der Waals surface area contributed by atoms with Crippen LogP contribution in [0.2, 0.25) is 0 Å². The maximum atomic E-state index is 14.3. The van der Waals surface area contributed by atoms with Crippen molar-refractivity contribution in [1.82, 2.24) is 4.57 Å². The van der Waals surface area contributed by atoms with Crippen molar-refractivity contribution in [3.05, 3.63) is 58.4 Å². The van der Waals surface area contributed by atoms with Crippen molar-refractivity contribution >= 4 is 31.6 Å². The zero-order valence-electron chi connectivity index (χ0n) is 14.8. The van der Waals surface area contributed by atoms with E-state index in [-0.39, 0.29) is 33.1 Å². The number of thiazole rings is 1. The van der Waals surface area contributed by atoms with Gasteiger partial charge in [0.2, 0.25) is 4.80 Å². The molecule has 0 aliphatic rings. The second-order valence-electron chi connectivity index (χ2n) is 5.85. The fourth-order valence-electron chi connectivity index (χ4n) is 2.57. The predicted octanol–water partition coefficient (Wildman–Crippen LogP) is 3.62. The molecule has 0 fully saturated rings. The van der Waals surface area contributed by atoms with Gasteiger partial charge in [0.1, 0.15) is 5.82 Å². The zero-order valence-corrected chi connectivity index (χ0v) is 16.4. The average Bonchev–Trinajstić information content (AvgIpc) is 2.92. The molecule has 144 valence electrons. The van der Waals surface area contributed by atoms with Crippen LogP contribution in [0.5, 0.6) is 0 Å². The number of hydrogen-bond acceptors (Lipinski definition) is 4. The molecule has 9 heteroatoms. The van der Waals surface area contributed by atoms with Gasteiger partial charge in [-0.1, -0.05) is 29.0 Å². The first-order valence-electron chi connectivity index (χ1n) is 8.25. The molecule has 27 heavy (non-hydrogen) atoms. The molecule has 0 amide bonds. The van der Waals surface area contributed by atoms with Crippen LogP contribution in [0.15, 0.2) is 45.7 Å².